The molecule has 0 aliphatic carbocycles. The lowest BCUT2D eigenvalue weighted by molar-refractivity contribution is -0.192. The highest BCUT2D eigenvalue weighted by Gasteiger charge is 2.38. The van der Waals surface area contributed by atoms with Gasteiger partial charge in [0.1, 0.15) is 11.6 Å². The molecular weight excluding hydrogens is 611 g/mol. The third-order valence-corrected chi connectivity index (χ3v) is 7.09. The van der Waals surface area contributed by atoms with Crippen molar-refractivity contribution in [2.45, 2.75) is 38.4 Å². The van der Waals surface area contributed by atoms with Crippen LogP contribution in [0.4, 0.5) is 27.6 Å². The van der Waals surface area contributed by atoms with E-state index in [0.29, 0.717) is 46.8 Å². The Hall–Kier alpha value is -4.65. The summed E-state index contributed by atoms with van der Waals surface area (Å²) >= 11 is 6.01. The Bertz CT molecular complexity index is 1760. The molecule has 0 unspecified atom stereocenters. The number of aromatic nitrogens is 3. The minimum Gasteiger partial charge on any atom is -0.475 e. The van der Waals surface area contributed by atoms with Crippen molar-refractivity contribution in [3.63, 3.8) is 0 Å². The quantitative estimate of drug-likeness (QED) is 0.232. The molecule has 2 bridgehead atoms. The fourth-order valence-corrected chi connectivity index (χ4v) is 4.75. The van der Waals surface area contributed by atoms with Crippen molar-refractivity contribution in [1.29, 1.82) is 0 Å². The number of carboxylic acid groups (broad SMARTS) is 1. The van der Waals surface area contributed by atoms with Crippen LogP contribution in [-0.4, -0.2) is 37.7 Å². The first-order valence-corrected chi connectivity index (χ1v) is 13.5. The van der Waals surface area contributed by atoms with Crippen molar-refractivity contribution in [2.24, 2.45) is 5.92 Å². The van der Waals surface area contributed by atoms with Crippen molar-refractivity contribution in [1.82, 2.24) is 14.5 Å². The van der Waals surface area contributed by atoms with Crippen LogP contribution in [0.25, 0.3) is 22.4 Å². The molecule has 2 aromatic heterocycles. The number of carbonyl (C=O) groups excluding carboxylic acids is 1. The largest absolute Gasteiger partial charge is 0.490 e. The zero-order valence-electron chi connectivity index (χ0n) is 22.9. The Morgan fingerprint density at radius 3 is 2.41 bits per heavy atom. The number of carbonyl (C=O) groups is 2. The van der Waals surface area contributed by atoms with Crippen molar-refractivity contribution in [2.75, 3.05) is 5.32 Å². The summed E-state index contributed by atoms with van der Waals surface area (Å²) in [4.78, 5) is 43.8. The lowest BCUT2D eigenvalue weighted by atomic mass is 9.95. The van der Waals surface area contributed by atoms with Crippen LogP contribution in [0, 0.1) is 17.6 Å². The molecule has 2 atom stereocenters. The van der Waals surface area contributed by atoms with Gasteiger partial charge in [0.2, 0.25) is 5.91 Å². The minimum atomic E-state index is -5.08. The second kappa shape index (κ2) is 13.3. The lowest BCUT2D eigenvalue weighted by Gasteiger charge is -2.22. The van der Waals surface area contributed by atoms with Gasteiger partial charge in [0.15, 0.2) is 0 Å². The minimum absolute atomic E-state index is 0.133. The van der Waals surface area contributed by atoms with E-state index in [1.165, 1.54) is 47.3 Å². The molecule has 0 saturated carbocycles. The number of aliphatic carboxylic acids is 1. The van der Waals surface area contributed by atoms with E-state index in [0.717, 1.165) is 0 Å². The van der Waals surface area contributed by atoms with E-state index < -0.39 is 29.8 Å². The molecule has 1 aliphatic heterocycles. The lowest BCUT2D eigenvalue weighted by Crippen LogP contribution is -2.27. The molecule has 14 heteroatoms. The molecule has 3 heterocycles. The molecule has 230 valence electrons. The number of amides is 1. The summed E-state index contributed by atoms with van der Waals surface area (Å²) in [5.74, 6) is -4.19. The van der Waals surface area contributed by atoms with Crippen LogP contribution in [0.3, 0.4) is 0 Å². The van der Waals surface area contributed by atoms with E-state index >= 15 is 0 Å². The van der Waals surface area contributed by atoms with Crippen molar-refractivity contribution in [3.8, 4) is 22.4 Å². The molecular formula is C30H24ClF5N4O4. The van der Waals surface area contributed by atoms with Crippen LogP contribution in [0.15, 0.2) is 71.9 Å². The Morgan fingerprint density at radius 2 is 1.73 bits per heavy atom. The van der Waals surface area contributed by atoms with Gasteiger partial charge in [-0.25, -0.2) is 18.6 Å². The predicted octanol–water partition coefficient (Wildman–Crippen LogP) is 6.89. The second-order valence-corrected chi connectivity index (χ2v) is 10.4. The maximum absolute atomic E-state index is 14.4. The van der Waals surface area contributed by atoms with Gasteiger partial charge in [-0.2, -0.15) is 13.2 Å². The Labute approximate surface area is 252 Å². The molecule has 0 radical (unpaired) electrons. The molecule has 5 rings (SSSR count). The number of pyridine rings is 1. The van der Waals surface area contributed by atoms with Gasteiger partial charge in [-0.1, -0.05) is 24.9 Å². The molecule has 8 nitrogen and oxygen atoms in total. The maximum atomic E-state index is 14.4. The SMILES string of the molecule is C[C@@H]1CCC[C@H](n2cnc(-c3cc(Cl)ccc3F)cc2=O)c2cc(ccn2)-c2cc(F)ccc2NC1=O.O=C(O)C(F)(F)F. The Balaban J connectivity index is 0.000000566. The average Bonchev–Trinajstić information content (AvgIpc) is 2.97. The summed E-state index contributed by atoms with van der Waals surface area (Å²) in [6.45, 7) is 1.83. The predicted molar refractivity (Wildman–Crippen MR) is 152 cm³/mol. The van der Waals surface area contributed by atoms with Gasteiger partial charge >= 0.3 is 12.1 Å². The average molecular weight is 635 g/mol. The van der Waals surface area contributed by atoms with Crippen LogP contribution >= 0.6 is 11.6 Å². The molecule has 44 heavy (non-hydrogen) atoms. The van der Waals surface area contributed by atoms with Gasteiger partial charge in [-0.15, -0.1) is 0 Å². The van der Waals surface area contributed by atoms with E-state index in [4.69, 9.17) is 21.5 Å². The molecule has 4 aromatic rings. The van der Waals surface area contributed by atoms with Gasteiger partial charge in [0.05, 0.1) is 23.8 Å². The van der Waals surface area contributed by atoms with Crippen LogP contribution in [-0.2, 0) is 9.59 Å². The smallest absolute Gasteiger partial charge is 0.475 e. The third-order valence-electron chi connectivity index (χ3n) is 6.85. The van der Waals surface area contributed by atoms with Crippen molar-refractivity contribution < 1.29 is 36.6 Å². The summed E-state index contributed by atoms with van der Waals surface area (Å²) in [5.41, 5.74) is 2.18. The summed E-state index contributed by atoms with van der Waals surface area (Å²) < 4.78 is 61.8. The van der Waals surface area contributed by atoms with Crippen LogP contribution in [0.2, 0.25) is 5.02 Å². The van der Waals surface area contributed by atoms with E-state index in [1.54, 1.807) is 24.4 Å². The number of halogens is 6. The molecule has 1 aliphatic rings. The maximum Gasteiger partial charge on any atom is 0.490 e. The van der Waals surface area contributed by atoms with Gasteiger partial charge in [0.25, 0.3) is 5.56 Å². The number of hydrogen-bond donors (Lipinski definition) is 2. The normalized spacial score (nSPS) is 16.8. The molecule has 0 saturated heterocycles. The standard InChI is InChI=1S/C28H23ClF2N4O2.C2HF3O2/c1-16-3-2-4-26(35-15-33-24(14-27(35)36)21-12-18(29)5-7-22(21)31)25-11-17(9-10-32-25)20-13-19(30)6-8-23(20)34-28(16)37;3-2(4,5)1(6)7/h5-16,26H,2-4H2,1H3,(H,34,37);(H,6,7)/t16-,26+;/m1./s1. The molecule has 0 spiro atoms. The van der Waals surface area contributed by atoms with E-state index in [1.807, 2.05) is 6.92 Å². The fraction of sp³-hybridized carbons (Fsp3) is 0.233. The Kier molecular flexibility index (Phi) is 9.78. The fourth-order valence-electron chi connectivity index (χ4n) is 4.58. The zero-order valence-corrected chi connectivity index (χ0v) is 23.7. The van der Waals surface area contributed by atoms with Crippen LogP contribution in [0.5, 0.6) is 0 Å². The summed E-state index contributed by atoms with van der Waals surface area (Å²) in [6, 6.07) is 12.6. The summed E-state index contributed by atoms with van der Waals surface area (Å²) in [5, 5.41) is 10.4. The molecule has 1 amide bonds. The first-order chi connectivity index (χ1) is 20.7. The van der Waals surface area contributed by atoms with E-state index in [9.17, 15) is 31.5 Å². The van der Waals surface area contributed by atoms with Crippen LogP contribution in [0.1, 0.15) is 37.9 Å². The Morgan fingerprint density at radius 1 is 1.00 bits per heavy atom. The number of hydrogen-bond acceptors (Lipinski definition) is 5. The highest BCUT2D eigenvalue weighted by Crippen LogP contribution is 2.33. The van der Waals surface area contributed by atoms with Gasteiger partial charge < -0.3 is 10.4 Å². The highest BCUT2D eigenvalue weighted by molar-refractivity contribution is 6.30. The van der Waals surface area contributed by atoms with Crippen LogP contribution < -0.4 is 10.9 Å². The summed E-state index contributed by atoms with van der Waals surface area (Å²) in [7, 11) is 0. The number of alkyl halides is 3. The first-order valence-electron chi connectivity index (χ1n) is 13.1. The van der Waals surface area contributed by atoms with Crippen molar-refractivity contribution in [3.05, 3.63) is 99.8 Å². The first kappa shape index (κ1) is 32.3. The summed E-state index contributed by atoms with van der Waals surface area (Å²) in [6.07, 6.45) is -0.384. The second-order valence-electron chi connectivity index (χ2n) is 9.94. The van der Waals surface area contributed by atoms with Gasteiger partial charge in [-0.3, -0.25) is 19.1 Å². The number of anilines is 1. The number of nitrogens with zero attached hydrogens (tertiary/aromatic N) is 3. The van der Waals surface area contributed by atoms with E-state index in [2.05, 4.69) is 15.3 Å². The number of fused-ring (bicyclic) bond motifs is 4. The van der Waals surface area contributed by atoms with Gasteiger partial charge in [-0.05, 0) is 66.9 Å². The third kappa shape index (κ3) is 7.64. The van der Waals surface area contributed by atoms with E-state index in [-0.39, 0.29) is 28.6 Å². The monoisotopic (exact) mass is 634 g/mol. The number of benzene rings is 2. The number of carboxylic acids is 1. The molecule has 2 aromatic carbocycles. The van der Waals surface area contributed by atoms with Crippen molar-refractivity contribution >= 4 is 29.2 Å². The molecule has 0 fully saturated rings. The highest BCUT2D eigenvalue weighted by atomic mass is 35.5. The van der Waals surface area contributed by atoms with Gasteiger partial charge in [0, 0.05) is 40.0 Å². The number of nitrogens with one attached hydrogen (secondary N) is 1. The molecule has 2 N–H and O–H groups in total. The zero-order chi connectivity index (χ0) is 32.2. The number of rotatable bonds is 2. The topological polar surface area (TPSA) is 114 Å².